The number of hydrogen-bond acceptors (Lipinski definition) is 3. The zero-order valence-electron chi connectivity index (χ0n) is 9.86. The van der Waals surface area contributed by atoms with Crippen molar-refractivity contribution in [3.63, 3.8) is 0 Å². The molecule has 17 heavy (non-hydrogen) atoms. The summed E-state index contributed by atoms with van der Waals surface area (Å²) in [5.41, 5.74) is 0.550. The van der Waals surface area contributed by atoms with Crippen LogP contribution in [0.2, 0.25) is 0 Å². The van der Waals surface area contributed by atoms with Crippen LogP contribution in [0.25, 0.3) is 0 Å². The number of aliphatic hydroxyl groups is 1. The molecule has 1 aromatic rings. The Hall–Kier alpha value is -0.780. The molecule has 0 saturated heterocycles. The molecule has 5 heteroatoms. The van der Waals surface area contributed by atoms with Crippen molar-refractivity contribution in [3.05, 3.63) is 35.6 Å². The summed E-state index contributed by atoms with van der Waals surface area (Å²) in [6.07, 6.45) is -0.735. The highest BCUT2D eigenvalue weighted by Crippen LogP contribution is 2.12. The van der Waals surface area contributed by atoms with Crippen molar-refractivity contribution in [2.45, 2.75) is 13.0 Å². The van der Waals surface area contributed by atoms with Crippen molar-refractivity contribution in [3.8, 4) is 0 Å². The Balaban J connectivity index is 2.30. The molecule has 0 bridgehead atoms. The van der Waals surface area contributed by atoms with E-state index in [0.717, 1.165) is 0 Å². The van der Waals surface area contributed by atoms with Gasteiger partial charge < -0.3 is 10.4 Å². The minimum Gasteiger partial charge on any atom is -0.387 e. The summed E-state index contributed by atoms with van der Waals surface area (Å²) in [6, 6.07) is 5.91. The Morgan fingerprint density at radius 2 is 2.29 bits per heavy atom. The fourth-order valence-corrected chi connectivity index (χ4v) is 2.06. The number of hydrogen-bond donors (Lipinski definition) is 2. The van der Waals surface area contributed by atoms with E-state index < -0.39 is 16.9 Å². The lowest BCUT2D eigenvalue weighted by molar-refractivity contribution is 0.175. The highest BCUT2D eigenvalue weighted by molar-refractivity contribution is 7.84. The number of benzene rings is 1. The smallest absolute Gasteiger partial charge is 0.123 e. The molecule has 2 atom stereocenters. The molecule has 0 radical (unpaired) electrons. The van der Waals surface area contributed by atoms with E-state index in [9.17, 15) is 13.7 Å². The van der Waals surface area contributed by atoms with Crippen LogP contribution >= 0.6 is 0 Å². The van der Waals surface area contributed by atoms with Gasteiger partial charge in [0.05, 0.1) is 6.10 Å². The van der Waals surface area contributed by atoms with E-state index in [1.807, 2.05) is 6.92 Å². The van der Waals surface area contributed by atoms with Gasteiger partial charge in [-0.1, -0.05) is 19.1 Å². The Bertz CT molecular complexity index is 373. The van der Waals surface area contributed by atoms with Gasteiger partial charge in [0.2, 0.25) is 0 Å². The zero-order valence-corrected chi connectivity index (χ0v) is 10.7. The lowest BCUT2D eigenvalue weighted by Crippen LogP contribution is -2.26. The normalized spacial score (nSPS) is 14.5. The van der Waals surface area contributed by atoms with E-state index in [-0.39, 0.29) is 5.82 Å². The van der Waals surface area contributed by atoms with Crippen LogP contribution in [-0.2, 0) is 10.8 Å². The summed E-state index contributed by atoms with van der Waals surface area (Å²) in [6.45, 7) is 2.80. The summed E-state index contributed by atoms with van der Waals surface area (Å²) in [7, 11) is -0.794. The van der Waals surface area contributed by atoms with Crippen molar-refractivity contribution in [2.24, 2.45) is 0 Å². The third kappa shape index (κ3) is 5.39. The number of nitrogens with one attached hydrogen (secondary N) is 1. The van der Waals surface area contributed by atoms with Gasteiger partial charge in [0, 0.05) is 35.4 Å². The maximum atomic E-state index is 12.9. The van der Waals surface area contributed by atoms with E-state index in [1.54, 1.807) is 12.1 Å². The molecule has 0 fully saturated rings. The van der Waals surface area contributed by atoms with Crippen LogP contribution in [-0.4, -0.2) is 33.9 Å². The van der Waals surface area contributed by atoms with Gasteiger partial charge in [-0.2, -0.15) is 0 Å². The van der Waals surface area contributed by atoms with Crippen molar-refractivity contribution in [1.29, 1.82) is 0 Å². The molecular formula is C12H18FNO2S. The first-order chi connectivity index (χ1) is 8.13. The molecule has 1 rings (SSSR count). The summed E-state index contributed by atoms with van der Waals surface area (Å²) in [4.78, 5) is 0. The molecule has 0 aliphatic heterocycles. The molecule has 0 spiro atoms. The minimum atomic E-state index is -0.794. The van der Waals surface area contributed by atoms with E-state index in [1.165, 1.54) is 12.1 Å². The van der Waals surface area contributed by atoms with Gasteiger partial charge in [-0.15, -0.1) is 0 Å². The second kappa shape index (κ2) is 7.53. The zero-order chi connectivity index (χ0) is 12.7. The standard InChI is InChI=1S/C12H18FNO2S/c1-2-17(16)7-6-14-9-12(15)10-4-3-5-11(13)8-10/h3-5,8,12,14-15H,2,6-7,9H2,1H3. The molecule has 0 heterocycles. The molecule has 2 unspecified atom stereocenters. The molecule has 2 N–H and O–H groups in total. The van der Waals surface area contributed by atoms with E-state index in [0.29, 0.717) is 30.2 Å². The average Bonchev–Trinajstić information content (AvgIpc) is 2.34. The molecule has 3 nitrogen and oxygen atoms in total. The van der Waals surface area contributed by atoms with E-state index >= 15 is 0 Å². The Labute approximate surface area is 104 Å². The van der Waals surface area contributed by atoms with Crippen LogP contribution in [0.4, 0.5) is 4.39 Å². The number of rotatable bonds is 7. The average molecular weight is 259 g/mol. The van der Waals surface area contributed by atoms with Crippen LogP contribution in [0, 0.1) is 5.82 Å². The summed E-state index contributed by atoms with van der Waals surface area (Å²) >= 11 is 0. The lowest BCUT2D eigenvalue weighted by Gasteiger charge is -2.12. The van der Waals surface area contributed by atoms with Gasteiger partial charge in [0.1, 0.15) is 5.82 Å². The monoisotopic (exact) mass is 259 g/mol. The highest BCUT2D eigenvalue weighted by atomic mass is 32.2. The molecule has 0 aliphatic rings. The largest absolute Gasteiger partial charge is 0.387 e. The minimum absolute atomic E-state index is 0.338. The first-order valence-electron chi connectivity index (χ1n) is 5.62. The highest BCUT2D eigenvalue weighted by Gasteiger charge is 2.07. The van der Waals surface area contributed by atoms with Gasteiger partial charge >= 0.3 is 0 Å². The van der Waals surface area contributed by atoms with Gasteiger partial charge in [-0.25, -0.2) is 4.39 Å². The van der Waals surface area contributed by atoms with Crippen molar-refractivity contribution < 1.29 is 13.7 Å². The third-order valence-electron chi connectivity index (χ3n) is 2.40. The molecule has 0 aliphatic carbocycles. The maximum Gasteiger partial charge on any atom is 0.123 e. The van der Waals surface area contributed by atoms with Crippen molar-refractivity contribution >= 4 is 10.8 Å². The van der Waals surface area contributed by atoms with Gasteiger partial charge in [0.25, 0.3) is 0 Å². The SMILES string of the molecule is CCS(=O)CCNCC(O)c1cccc(F)c1. The molecule has 96 valence electrons. The summed E-state index contributed by atoms with van der Waals surface area (Å²) in [5, 5.41) is 12.8. The predicted molar refractivity (Wildman–Crippen MR) is 67.8 cm³/mol. The van der Waals surface area contributed by atoms with Gasteiger partial charge in [0.15, 0.2) is 0 Å². The fourth-order valence-electron chi connectivity index (χ4n) is 1.40. The molecule has 0 saturated carbocycles. The quantitative estimate of drug-likeness (QED) is 0.724. The van der Waals surface area contributed by atoms with Crippen molar-refractivity contribution in [1.82, 2.24) is 5.32 Å². The second-order valence-corrected chi connectivity index (χ2v) is 5.57. The summed E-state index contributed by atoms with van der Waals surface area (Å²) < 4.78 is 24.0. The van der Waals surface area contributed by atoms with Gasteiger partial charge in [-0.3, -0.25) is 4.21 Å². The molecule has 0 amide bonds. The van der Waals surface area contributed by atoms with Crippen LogP contribution in [0.15, 0.2) is 24.3 Å². The predicted octanol–water partition coefficient (Wildman–Crippen LogP) is 1.22. The third-order valence-corrected chi connectivity index (χ3v) is 3.70. The first-order valence-corrected chi connectivity index (χ1v) is 7.11. The Morgan fingerprint density at radius 3 is 2.94 bits per heavy atom. The molecular weight excluding hydrogens is 241 g/mol. The lowest BCUT2D eigenvalue weighted by atomic mass is 10.1. The number of halogens is 1. The van der Waals surface area contributed by atoms with Crippen LogP contribution in [0.1, 0.15) is 18.6 Å². The van der Waals surface area contributed by atoms with Crippen LogP contribution in [0.5, 0.6) is 0 Å². The fraction of sp³-hybridized carbons (Fsp3) is 0.500. The Morgan fingerprint density at radius 1 is 1.53 bits per heavy atom. The van der Waals surface area contributed by atoms with Gasteiger partial charge in [-0.05, 0) is 17.7 Å². The van der Waals surface area contributed by atoms with E-state index in [4.69, 9.17) is 0 Å². The van der Waals surface area contributed by atoms with E-state index in [2.05, 4.69) is 5.32 Å². The molecule has 0 aromatic heterocycles. The topological polar surface area (TPSA) is 49.3 Å². The van der Waals surface area contributed by atoms with Crippen molar-refractivity contribution in [2.75, 3.05) is 24.6 Å². The number of aliphatic hydroxyl groups excluding tert-OH is 1. The molecule has 1 aromatic carbocycles. The Kier molecular flexibility index (Phi) is 6.32. The van der Waals surface area contributed by atoms with Crippen LogP contribution in [0.3, 0.4) is 0 Å². The summed E-state index contributed by atoms with van der Waals surface area (Å²) in [5.74, 6) is 0.870. The first kappa shape index (κ1) is 14.3. The second-order valence-electron chi connectivity index (χ2n) is 3.71. The van der Waals surface area contributed by atoms with Crippen LogP contribution < -0.4 is 5.32 Å². The maximum absolute atomic E-state index is 12.9.